The summed E-state index contributed by atoms with van der Waals surface area (Å²) in [5, 5.41) is 0. The lowest BCUT2D eigenvalue weighted by molar-refractivity contribution is 0.549. The predicted molar refractivity (Wildman–Crippen MR) is 85.5 cm³/mol. The van der Waals surface area contributed by atoms with Gasteiger partial charge in [-0.3, -0.25) is 4.57 Å². The van der Waals surface area contributed by atoms with Gasteiger partial charge in [0.05, 0.1) is 0 Å². The molecule has 0 saturated carbocycles. The Bertz CT molecular complexity index is 552. The van der Waals surface area contributed by atoms with Crippen LogP contribution in [-0.2, 0) is 0 Å². The van der Waals surface area contributed by atoms with Gasteiger partial charge in [0.2, 0.25) is 0 Å². The molecule has 2 aromatic heterocycles. The molecule has 0 radical (unpaired) electrons. The molecule has 2 rings (SSSR count). The van der Waals surface area contributed by atoms with Crippen molar-refractivity contribution in [1.29, 1.82) is 0 Å². The molecule has 0 bridgehead atoms. The molecule has 0 aliphatic carbocycles. The highest BCUT2D eigenvalue weighted by Gasteiger charge is 2.18. The van der Waals surface area contributed by atoms with Gasteiger partial charge in [-0.25, -0.2) is 15.0 Å². The second-order valence-corrected chi connectivity index (χ2v) is 6.10. The van der Waals surface area contributed by atoms with Gasteiger partial charge in [-0.05, 0) is 11.8 Å². The Morgan fingerprint density at radius 2 is 1.81 bits per heavy atom. The Morgan fingerprint density at radius 3 is 2.33 bits per heavy atom. The van der Waals surface area contributed by atoms with E-state index >= 15 is 0 Å². The predicted octanol–water partition coefficient (Wildman–Crippen LogP) is 2.36. The van der Waals surface area contributed by atoms with E-state index in [1.165, 1.54) is 0 Å². The molecule has 0 amide bonds. The third kappa shape index (κ3) is 3.71. The van der Waals surface area contributed by atoms with Crippen molar-refractivity contribution in [2.24, 2.45) is 11.8 Å². The lowest BCUT2D eigenvalue weighted by atomic mass is 10.1. The van der Waals surface area contributed by atoms with Gasteiger partial charge in [-0.1, -0.05) is 27.7 Å². The molecule has 0 atom stereocenters. The van der Waals surface area contributed by atoms with E-state index in [1.807, 2.05) is 10.8 Å². The van der Waals surface area contributed by atoms with Crippen LogP contribution in [0.25, 0.3) is 5.82 Å². The van der Waals surface area contributed by atoms with Crippen molar-refractivity contribution in [3.8, 4) is 5.82 Å². The van der Waals surface area contributed by atoms with Crippen molar-refractivity contribution < 1.29 is 0 Å². The Morgan fingerprint density at radius 1 is 1.14 bits per heavy atom. The molecular weight excluding hydrogens is 264 g/mol. The maximum atomic E-state index is 6.31. The molecule has 6 nitrogen and oxygen atoms in total. The third-order valence-electron chi connectivity index (χ3n) is 3.06. The second-order valence-electron chi connectivity index (χ2n) is 6.10. The molecule has 21 heavy (non-hydrogen) atoms. The summed E-state index contributed by atoms with van der Waals surface area (Å²) in [4.78, 5) is 15.0. The minimum Gasteiger partial charge on any atom is -0.393 e. The number of aromatic nitrogens is 4. The van der Waals surface area contributed by atoms with Crippen LogP contribution in [0.15, 0.2) is 25.0 Å². The number of nitrogens with two attached hydrogens (primary N) is 1. The summed E-state index contributed by atoms with van der Waals surface area (Å²) in [5.41, 5.74) is 6.91. The first-order valence-electron chi connectivity index (χ1n) is 7.32. The topological polar surface area (TPSA) is 72.9 Å². The molecular formula is C15H24N6. The van der Waals surface area contributed by atoms with Gasteiger partial charge in [0.15, 0.2) is 11.6 Å². The normalized spacial score (nSPS) is 11.3. The van der Waals surface area contributed by atoms with Gasteiger partial charge in [0.25, 0.3) is 0 Å². The summed E-state index contributed by atoms with van der Waals surface area (Å²) in [6.07, 6.45) is 6.80. The summed E-state index contributed by atoms with van der Waals surface area (Å²) >= 11 is 0. The first-order chi connectivity index (χ1) is 9.99. The van der Waals surface area contributed by atoms with Gasteiger partial charge < -0.3 is 10.6 Å². The number of rotatable bonds is 6. The Labute approximate surface area is 126 Å². The van der Waals surface area contributed by atoms with E-state index < -0.39 is 0 Å². The minimum atomic E-state index is 0.537. The fourth-order valence-corrected chi connectivity index (χ4v) is 2.35. The van der Waals surface area contributed by atoms with Crippen molar-refractivity contribution in [3.63, 3.8) is 0 Å². The Balaban J connectivity index is 2.38. The molecule has 2 N–H and O–H groups in total. The van der Waals surface area contributed by atoms with E-state index in [1.54, 1.807) is 18.9 Å². The molecule has 0 aromatic carbocycles. The van der Waals surface area contributed by atoms with Gasteiger partial charge in [-0.2, -0.15) is 0 Å². The molecule has 0 fully saturated rings. The van der Waals surface area contributed by atoms with Gasteiger partial charge >= 0.3 is 0 Å². The number of nitrogen functional groups attached to an aromatic ring is 1. The summed E-state index contributed by atoms with van der Waals surface area (Å²) in [6, 6.07) is 0. The van der Waals surface area contributed by atoms with Gasteiger partial charge in [0, 0.05) is 25.5 Å². The first kappa shape index (κ1) is 15.3. The van der Waals surface area contributed by atoms with Crippen LogP contribution < -0.4 is 10.6 Å². The molecule has 2 heterocycles. The number of anilines is 2. The third-order valence-corrected chi connectivity index (χ3v) is 3.06. The van der Waals surface area contributed by atoms with E-state index in [0.717, 1.165) is 18.9 Å². The number of imidazole rings is 1. The van der Waals surface area contributed by atoms with E-state index in [9.17, 15) is 0 Å². The zero-order valence-electron chi connectivity index (χ0n) is 13.2. The maximum absolute atomic E-state index is 6.31. The van der Waals surface area contributed by atoms with E-state index in [2.05, 4.69) is 47.5 Å². The Hall–Kier alpha value is -2.11. The molecule has 0 spiro atoms. The van der Waals surface area contributed by atoms with Crippen LogP contribution >= 0.6 is 0 Å². The monoisotopic (exact) mass is 288 g/mol. The largest absolute Gasteiger partial charge is 0.393 e. The molecule has 6 heteroatoms. The summed E-state index contributed by atoms with van der Waals surface area (Å²) < 4.78 is 1.81. The van der Waals surface area contributed by atoms with Crippen LogP contribution in [0.5, 0.6) is 0 Å². The molecule has 114 valence electrons. The number of hydrogen-bond acceptors (Lipinski definition) is 5. The second kappa shape index (κ2) is 6.56. The zero-order chi connectivity index (χ0) is 15.4. The van der Waals surface area contributed by atoms with Crippen LogP contribution in [0.2, 0.25) is 0 Å². The van der Waals surface area contributed by atoms with Crippen molar-refractivity contribution in [1.82, 2.24) is 19.5 Å². The highest BCUT2D eigenvalue weighted by molar-refractivity contribution is 5.70. The summed E-state index contributed by atoms with van der Waals surface area (Å²) in [6.45, 7) is 10.6. The highest BCUT2D eigenvalue weighted by atomic mass is 15.2. The van der Waals surface area contributed by atoms with E-state index in [-0.39, 0.29) is 0 Å². The van der Waals surface area contributed by atoms with Crippen molar-refractivity contribution >= 4 is 11.5 Å². The zero-order valence-corrected chi connectivity index (χ0v) is 13.2. The van der Waals surface area contributed by atoms with Crippen LogP contribution in [-0.4, -0.2) is 32.6 Å². The lowest BCUT2D eigenvalue weighted by Gasteiger charge is -2.28. The van der Waals surface area contributed by atoms with Crippen LogP contribution in [0.3, 0.4) is 0 Å². The molecule has 0 saturated heterocycles. The first-order valence-corrected chi connectivity index (χ1v) is 7.32. The van der Waals surface area contributed by atoms with Gasteiger partial charge in [-0.15, -0.1) is 0 Å². The summed E-state index contributed by atoms with van der Waals surface area (Å²) in [5.74, 6) is 2.55. The minimum absolute atomic E-state index is 0.537. The molecule has 0 aliphatic rings. The van der Waals surface area contributed by atoms with Crippen molar-refractivity contribution in [3.05, 3.63) is 25.0 Å². The number of hydrogen-bond donors (Lipinski definition) is 1. The van der Waals surface area contributed by atoms with Crippen molar-refractivity contribution in [2.45, 2.75) is 27.7 Å². The van der Waals surface area contributed by atoms with Gasteiger partial charge in [0.1, 0.15) is 18.3 Å². The lowest BCUT2D eigenvalue weighted by Crippen LogP contribution is -2.33. The fraction of sp³-hybridized carbons (Fsp3) is 0.533. The quantitative estimate of drug-likeness (QED) is 0.883. The number of nitrogens with zero attached hydrogens (tertiary/aromatic N) is 5. The molecule has 2 aromatic rings. The van der Waals surface area contributed by atoms with E-state index in [0.29, 0.717) is 23.3 Å². The fourth-order valence-electron chi connectivity index (χ4n) is 2.35. The highest BCUT2D eigenvalue weighted by Crippen LogP contribution is 2.26. The van der Waals surface area contributed by atoms with E-state index in [4.69, 9.17) is 5.73 Å². The standard InChI is InChI=1S/C15H24N6/c1-11(2)7-21(8-12(3)4)15-13(16)14(18-9-19-15)20-6-5-17-10-20/h5-6,9-12H,7-8,16H2,1-4H3. The Kier molecular flexibility index (Phi) is 4.77. The average molecular weight is 288 g/mol. The SMILES string of the molecule is CC(C)CN(CC(C)C)c1ncnc(-n2ccnc2)c1N. The maximum Gasteiger partial charge on any atom is 0.166 e. The molecule has 0 unspecified atom stereocenters. The molecule has 0 aliphatic heterocycles. The van der Waals surface area contributed by atoms with Crippen LogP contribution in [0, 0.1) is 11.8 Å². The smallest absolute Gasteiger partial charge is 0.166 e. The average Bonchev–Trinajstić information content (AvgIpc) is 2.90. The summed E-state index contributed by atoms with van der Waals surface area (Å²) in [7, 11) is 0. The van der Waals surface area contributed by atoms with Crippen LogP contribution in [0.4, 0.5) is 11.5 Å². The van der Waals surface area contributed by atoms with Crippen LogP contribution in [0.1, 0.15) is 27.7 Å². The van der Waals surface area contributed by atoms with Crippen molar-refractivity contribution in [2.75, 3.05) is 23.7 Å².